The van der Waals surface area contributed by atoms with Gasteiger partial charge in [0.2, 0.25) is 5.95 Å². The average molecular weight is 232 g/mol. The predicted octanol–water partition coefficient (Wildman–Crippen LogP) is 1.65. The molecule has 1 spiro atoms. The van der Waals surface area contributed by atoms with Crippen molar-refractivity contribution in [3.05, 3.63) is 17.5 Å². The number of nitrogens with one attached hydrogen (secondary N) is 2. The summed E-state index contributed by atoms with van der Waals surface area (Å²) in [7, 11) is 0. The van der Waals surface area contributed by atoms with Crippen LogP contribution in [-0.4, -0.2) is 29.1 Å². The lowest BCUT2D eigenvalue weighted by atomic mass is 10.0. The Kier molecular flexibility index (Phi) is 2.54. The molecule has 1 aromatic rings. The Morgan fingerprint density at radius 3 is 2.65 bits per heavy atom. The second kappa shape index (κ2) is 3.95. The Bertz CT molecular complexity index is 405. The first-order chi connectivity index (χ1) is 8.15. The molecule has 1 unspecified atom stereocenters. The molecule has 2 heterocycles. The molecule has 0 bridgehead atoms. The number of rotatable bonds is 3. The molecule has 0 radical (unpaired) electrons. The molecule has 1 aliphatic heterocycles. The van der Waals surface area contributed by atoms with Gasteiger partial charge in [-0.3, -0.25) is 0 Å². The Hall–Kier alpha value is -1.16. The van der Waals surface area contributed by atoms with Gasteiger partial charge in [-0.05, 0) is 44.6 Å². The maximum Gasteiger partial charge on any atom is 0.223 e. The summed E-state index contributed by atoms with van der Waals surface area (Å²) >= 11 is 0. The van der Waals surface area contributed by atoms with Crippen LogP contribution in [-0.2, 0) is 0 Å². The third-order valence-corrected chi connectivity index (χ3v) is 3.89. The highest BCUT2D eigenvalue weighted by Crippen LogP contribution is 2.51. The summed E-state index contributed by atoms with van der Waals surface area (Å²) in [6.07, 6.45) is 4.14. The van der Waals surface area contributed by atoms with E-state index in [1.54, 1.807) is 0 Å². The van der Waals surface area contributed by atoms with Gasteiger partial charge < -0.3 is 10.6 Å². The topological polar surface area (TPSA) is 49.8 Å². The van der Waals surface area contributed by atoms with Gasteiger partial charge in [-0.25, -0.2) is 9.97 Å². The molecule has 17 heavy (non-hydrogen) atoms. The molecule has 2 N–H and O–H groups in total. The van der Waals surface area contributed by atoms with E-state index in [-0.39, 0.29) is 0 Å². The zero-order valence-corrected chi connectivity index (χ0v) is 10.6. The van der Waals surface area contributed by atoms with E-state index >= 15 is 0 Å². The summed E-state index contributed by atoms with van der Waals surface area (Å²) in [5.74, 6) is 0.765. The van der Waals surface area contributed by atoms with Crippen molar-refractivity contribution < 1.29 is 0 Å². The van der Waals surface area contributed by atoms with E-state index in [9.17, 15) is 0 Å². The smallest absolute Gasteiger partial charge is 0.223 e. The standard InChI is InChI=1S/C13H20N4/c1-9-5-10(2)17-12(16-9)14-7-11-6-13(3-4-13)8-15-11/h5,11,15H,3-4,6-8H2,1-2H3,(H,14,16,17). The molecule has 4 heteroatoms. The highest BCUT2D eigenvalue weighted by molar-refractivity contribution is 5.28. The SMILES string of the molecule is Cc1cc(C)nc(NCC2CC3(CC3)CN2)n1. The summed E-state index contributed by atoms with van der Waals surface area (Å²) in [5.41, 5.74) is 2.71. The molecule has 92 valence electrons. The van der Waals surface area contributed by atoms with E-state index in [0.717, 1.165) is 23.9 Å². The fourth-order valence-corrected chi connectivity index (χ4v) is 2.75. The molecule has 2 fully saturated rings. The number of aryl methyl sites for hydroxylation is 2. The van der Waals surface area contributed by atoms with Crippen molar-refractivity contribution in [2.45, 2.75) is 39.2 Å². The van der Waals surface area contributed by atoms with E-state index in [1.807, 2.05) is 19.9 Å². The molecule has 1 aromatic heterocycles. The second-order valence-electron chi connectivity index (χ2n) is 5.64. The van der Waals surface area contributed by atoms with Crippen molar-refractivity contribution in [3.8, 4) is 0 Å². The van der Waals surface area contributed by atoms with E-state index < -0.39 is 0 Å². The minimum Gasteiger partial charge on any atom is -0.353 e. The maximum atomic E-state index is 4.40. The third kappa shape index (κ3) is 2.41. The zero-order valence-electron chi connectivity index (χ0n) is 10.6. The minimum absolute atomic E-state index is 0.585. The lowest BCUT2D eigenvalue weighted by Gasteiger charge is -2.12. The van der Waals surface area contributed by atoms with Crippen molar-refractivity contribution >= 4 is 5.95 Å². The highest BCUT2D eigenvalue weighted by atomic mass is 15.1. The van der Waals surface area contributed by atoms with E-state index in [1.165, 1.54) is 25.8 Å². The van der Waals surface area contributed by atoms with Crippen LogP contribution < -0.4 is 10.6 Å². The molecule has 2 aliphatic rings. The molecule has 4 nitrogen and oxygen atoms in total. The lowest BCUT2D eigenvalue weighted by Crippen LogP contribution is -2.29. The number of hydrogen-bond donors (Lipinski definition) is 2. The van der Waals surface area contributed by atoms with Crippen molar-refractivity contribution in [2.24, 2.45) is 5.41 Å². The minimum atomic E-state index is 0.585. The predicted molar refractivity (Wildman–Crippen MR) is 68.1 cm³/mol. The fourth-order valence-electron chi connectivity index (χ4n) is 2.75. The van der Waals surface area contributed by atoms with Crippen LogP contribution in [0, 0.1) is 19.3 Å². The van der Waals surface area contributed by atoms with Crippen molar-refractivity contribution in [2.75, 3.05) is 18.4 Å². The van der Waals surface area contributed by atoms with Crippen LogP contribution in [0.2, 0.25) is 0 Å². The van der Waals surface area contributed by atoms with Crippen LogP contribution in [0.5, 0.6) is 0 Å². The number of anilines is 1. The van der Waals surface area contributed by atoms with E-state index in [2.05, 4.69) is 20.6 Å². The summed E-state index contributed by atoms with van der Waals surface area (Å²) in [6.45, 7) is 6.15. The van der Waals surface area contributed by atoms with Crippen LogP contribution in [0.15, 0.2) is 6.07 Å². The molecule has 3 rings (SSSR count). The van der Waals surface area contributed by atoms with Crippen LogP contribution in [0.25, 0.3) is 0 Å². The van der Waals surface area contributed by atoms with Crippen molar-refractivity contribution in [1.82, 2.24) is 15.3 Å². The summed E-state index contributed by atoms with van der Waals surface area (Å²) < 4.78 is 0. The zero-order chi connectivity index (χ0) is 11.9. The Morgan fingerprint density at radius 1 is 1.35 bits per heavy atom. The molecule has 1 saturated carbocycles. The van der Waals surface area contributed by atoms with Gasteiger partial charge in [-0.1, -0.05) is 0 Å². The van der Waals surface area contributed by atoms with Gasteiger partial charge in [-0.2, -0.15) is 0 Å². The van der Waals surface area contributed by atoms with E-state index in [0.29, 0.717) is 11.5 Å². The maximum absolute atomic E-state index is 4.40. The van der Waals surface area contributed by atoms with Crippen LogP contribution in [0.4, 0.5) is 5.95 Å². The number of aromatic nitrogens is 2. The van der Waals surface area contributed by atoms with Gasteiger partial charge in [0, 0.05) is 30.5 Å². The van der Waals surface area contributed by atoms with E-state index in [4.69, 9.17) is 0 Å². The van der Waals surface area contributed by atoms with Gasteiger partial charge in [0.1, 0.15) is 0 Å². The van der Waals surface area contributed by atoms with Crippen LogP contribution >= 0.6 is 0 Å². The summed E-state index contributed by atoms with van der Waals surface area (Å²) in [5, 5.41) is 6.94. The van der Waals surface area contributed by atoms with Gasteiger partial charge in [-0.15, -0.1) is 0 Å². The van der Waals surface area contributed by atoms with Gasteiger partial charge in [0.25, 0.3) is 0 Å². The summed E-state index contributed by atoms with van der Waals surface area (Å²) in [4.78, 5) is 8.79. The quantitative estimate of drug-likeness (QED) is 0.832. The molecule has 1 atom stereocenters. The molecule has 0 amide bonds. The highest BCUT2D eigenvalue weighted by Gasteiger charge is 2.47. The van der Waals surface area contributed by atoms with Gasteiger partial charge in [0.05, 0.1) is 0 Å². The average Bonchev–Trinajstić information content (AvgIpc) is 2.87. The van der Waals surface area contributed by atoms with Gasteiger partial charge in [0.15, 0.2) is 0 Å². The van der Waals surface area contributed by atoms with Crippen molar-refractivity contribution in [3.63, 3.8) is 0 Å². The molecular weight excluding hydrogens is 212 g/mol. The first-order valence-corrected chi connectivity index (χ1v) is 6.45. The second-order valence-corrected chi connectivity index (χ2v) is 5.64. The Labute approximate surface area is 102 Å². The number of nitrogens with zero attached hydrogens (tertiary/aromatic N) is 2. The Morgan fingerprint density at radius 2 is 2.06 bits per heavy atom. The van der Waals surface area contributed by atoms with Gasteiger partial charge >= 0.3 is 0 Å². The first-order valence-electron chi connectivity index (χ1n) is 6.45. The molecule has 0 aromatic carbocycles. The van der Waals surface area contributed by atoms with Crippen molar-refractivity contribution in [1.29, 1.82) is 0 Å². The monoisotopic (exact) mass is 232 g/mol. The molecular formula is C13H20N4. The van der Waals surface area contributed by atoms with Crippen LogP contribution in [0.3, 0.4) is 0 Å². The molecule has 1 aliphatic carbocycles. The molecule has 1 saturated heterocycles. The fraction of sp³-hybridized carbons (Fsp3) is 0.692. The Balaban J connectivity index is 1.56. The van der Waals surface area contributed by atoms with Crippen LogP contribution in [0.1, 0.15) is 30.7 Å². The number of hydrogen-bond acceptors (Lipinski definition) is 4. The normalized spacial score (nSPS) is 25.2. The summed E-state index contributed by atoms with van der Waals surface area (Å²) in [6, 6.07) is 2.58. The third-order valence-electron chi connectivity index (χ3n) is 3.89. The largest absolute Gasteiger partial charge is 0.353 e. The lowest BCUT2D eigenvalue weighted by molar-refractivity contribution is 0.550. The first kappa shape index (κ1) is 11.0.